The number of rotatable bonds is 8. The highest BCUT2D eigenvalue weighted by molar-refractivity contribution is 5.83. The zero-order chi connectivity index (χ0) is 55.8. The number of carbonyl (C=O) groups is 1. The van der Waals surface area contributed by atoms with Gasteiger partial charge in [0.25, 0.3) is 0 Å². The van der Waals surface area contributed by atoms with E-state index in [1.54, 1.807) is 0 Å². The van der Waals surface area contributed by atoms with Gasteiger partial charge in [-0.25, -0.2) is 0 Å². The van der Waals surface area contributed by atoms with Gasteiger partial charge in [0.15, 0.2) is 37.7 Å². The largest absolute Gasteiger partial charge is 0.394 e. The highest BCUT2D eigenvalue weighted by atomic mass is 16.8. The van der Waals surface area contributed by atoms with Gasteiger partial charge in [0, 0.05) is 5.41 Å². The van der Waals surface area contributed by atoms with Crippen molar-refractivity contribution in [2.24, 2.45) is 23.2 Å². The molecule has 22 heterocycles. The van der Waals surface area contributed by atoms with E-state index in [0.29, 0.717) is 19.3 Å². The molecule has 0 aromatic rings. The molecule has 26 aliphatic rings. The van der Waals surface area contributed by atoms with E-state index in [2.05, 4.69) is 5.32 Å². The molecule has 16 bridgehead atoms. The van der Waals surface area contributed by atoms with Gasteiger partial charge < -0.3 is 149 Å². The van der Waals surface area contributed by atoms with Crippen LogP contribution in [0.4, 0.5) is 0 Å². The number of amides is 1. The summed E-state index contributed by atoms with van der Waals surface area (Å²) in [5.41, 5.74) is -0.868. The Morgan fingerprint density at radius 1 is 0.321 bits per heavy atom. The smallest absolute Gasteiger partial charge is 0.226 e. The van der Waals surface area contributed by atoms with Crippen molar-refractivity contribution in [3.63, 3.8) is 0 Å². The minimum atomic E-state index is -2.16. The molecule has 0 radical (unpaired) electrons. The number of ether oxygens (including phenoxy) is 12. The molecule has 0 unspecified atom stereocenters. The van der Waals surface area contributed by atoms with Gasteiger partial charge in [-0.05, 0) is 56.3 Å². The molecule has 30 atom stereocenters. The van der Waals surface area contributed by atoms with Crippen LogP contribution in [0.5, 0.6) is 0 Å². The Morgan fingerprint density at radius 2 is 0.538 bits per heavy atom. The molecule has 18 N–H and O–H groups in total. The first-order valence-corrected chi connectivity index (χ1v) is 26.6. The van der Waals surface area contributed by atoms with Gasteiger partial charge >= 0.3 is 0 Å². The molecule has 1 amide bonds. The average Bonchev–Trinajstić information content (AvgIpc) is 3.63. The lowest BCUT2D eigenvalue weighted by Crippen LogP contribution is -2.71. The molecule has 31 nitrogen and oxygen atoms in total. The maximum absolute atomic E-state index is 14.8. The van der Waals surface area contributed by atoms with Gasteiger partial charge in [-0.3, -0.25) is 4.79 Å². The summed E-state index contributed by atoms with van der Waals surface area (Å²) in [5, 5.41) is 193. The molecule has 4 saturated carbocycles. The lowest BCUT2D eigenvalue weighted by molar-refractivity contribution is -0.401. The SMILES string of the molecule is O=C(N[C@@H]1[C@@H](O)[C@H]2O[C@H]3[C@H](O)[C@@H](O)[C@@H](O[C@H]4[C@H](O)[C@@H](O)[C@@H](O[C@H]5[C@H](O)[C@@H](O)[C@@H](O[C@H]6[C@H](O)[C@@H](O)[C@@H](O[C@H]7[C@H](O)[C@@H](O)[C@@H](O[C@@H]1[C@@H](CO)O2)O[C@@H]7CO)O[C@@H]6CO)O[C@@H]5CO)O[C@@H]4CO)O[C@@H]3CO)C12CC3CC(CC(C3)C1)C2. The lowest BCUT2D eigenvalue weighted by Gasteiger charge is -2.56. The number of aliphatic hydroxyl groups is 17. The van der Waals surface area contributed by atoms with Gasteiger partial charge in [-0.1, -0.05) is 0 Å². The van der Waals surface area contributed by atoms with E-state index in [9.17, 15) is 91.6 Å². The fourth-order valence-electron chi connectivity index (χ4n) is 13.8. The molecule has 22 aliphatic heterocycles. The van der Waals surface area contributed by atoms with Crippen molar-refractivity contribution in [3.05, 3.63) is 0 Å². The normalized spacial score (nSPS) is 55.6. The number of carbonyl (C=O) groups excluding carboxylic acids is 1. The zero-order valence-electron chi connectivity index (χ0n) is 41.9. The number of aliphatic hydroxyl groups excluding tert-OH is 17. The Balaban J connectivity index is 0.973. The van der Waals surface area contributed by atoms with Gasteiger partial charge in [0.05, 0.1) is 45.7 Å². The van der Waals surface area contributed by atoms with Gasteiger partial charge in [-0.2, -0.15) is 0 Å². The predicted octanol–water partition coefficient (Wildman–Crippen LogP) is -10.7. The lowest BCUT2D eigenvalue weighted by atomic mass is 9.49. The molecular weight excluding hydrogens is 1060 g/mol. The summed E-state index contributed by atoms with van der Waals surface area (Å²) in [6.45, 7) is -5.96. The van der Waals surface area contributed by atoms with Gasteiger partial charge in [-0.15, -0.1) is 0 Å². The molecule has 4 aliphatic carbocycles. The molecule has 78 heavy (non-hydrogen) atoms. The second-order valence-corrected chi connectivity index (χ2v) is 22.6. The third kappa shape index (κ3) is 10.9. The van der Waals surface area contributed by atoms with Crippen molar-refractivity contribution in [2.45, 2.75) is 223 Å². The molecule has 0 aromatic carbocycles. The summed E-state index contributed by atoms with van der Waals surface area (Å²) in [6, 6.07) is -1.65. The average molecular weight is 1130 g/mol. The number of hydrogen-bond donors (Lipinski definition) is 18. The zero-order valence-corrected chi connectivity index (χ0v) is 41.9. The first-order chi connectivity index (χ1) is 37.3. The van der Waals surface area contributed by atoms with E-state index in [4.69, 9.17) is 56.8 Å². The summed E-state index contributed by atoms with van der Waals surface area (Å²) in [6.07, 6.45) is -51.8. The van der Waals surface area contributed by atoms with E-state index >= 15 is 0 Å². The van der Waals surface area contributed by atoms with Crippen molar-refractivity contribution >= 4 is 5.91 Å². The van der Waals surface area contributed by atoms with E-state index in [0.717, 1.165) is 19.3 Å². The van der Waals surface area contributed by atoms with Crippen LogP contribution in [0.2, 0.25) is 0 Å². The predicted molar refractivity (Wildman–Crippen MR) is 242 cm³/mol. The standard InChI is InChI=1S/C47H75NO30/c49-7-16-34-22(48-46(66)47-4-13-1-14(5-47)3-15(2-13)6-47)23(55)40(67-16)74-35-17(8-50)69-42(30(62)25(35)57)76-37-19(10-52)71-44(32(64)27(37)59)78-39-21(12-54)72-45(33(65)28(39)60)77-38-20(11-53)70-43(31(63)26(38)58)75-36-18(9-51)68-41(73-34)29(61)24(36)56/h13-45,49-65H,1-12H2,(H,48,66)/t13?,14?,15?,16-,17-,18-,19-,20-,21-,22-,23-,24-,25-,26-,27-,28-,29-,30-,31-,32-,33-,34-,35-,36-,37-,38-,39-,40-,41-,42-,43-,44-,45-,47?/m1/s1. The second-order valence-electron chi connectivity index (χ2n) is 22.6. The van der Waals surface area contributed by atoms with Crippen LogP contribution in [0.15, 0.2) is 0 Å². The topological polar surface area (TPSA) is 484 Å². The Labute approximate surface area is 444 Å². The highest BCUT2D eigenvalue weighted by Gasteiger charge is 2.61. The van der Waals surface area contributed by atoms with Crippen LogP contribution in [0.3, 0.4) is 0 Å². The monoisotopic (exact) mass is 1130 g/mol. The molecule has 22 saturated heterocycles. The molecule has 26 fully saturated rings. The summed E-state index contributed by atoms with van der Waals surface area (Å²) < 4.78 is 70.4. The third-order valence-electron chi connectivity index (χ3n) is 17.5. The number of hydrogen-bond acceptors (Lipinski definition) is 30. The van der Waals surface area contributed by atoms with Crippen LogP contribution in [-0.4, -0.2) is 317 Å². The first kappa shape index (κ1) is 59.5. The molecule has 26 rings (SSSR count). The van der Waals surface area contributed by atoms with Crippen LogP contribution in [0.25, 0.3) is 0 Å². The minimum absolute atomic E-state index is 0.275. The fraction of sp³-hybridized carbons (Fsp3) is 0.979. The van der Waals surface area contributed by atoms with E-state index in [1.165, 1.54) is 0 Å². The molecule has 448 valence electrons. The van der Waals surface area contributed by atoms with Crippen molar-refractivity contribution in [3.8, 4) is 0 Å². The van der Waals surface area contributed by atoms with Gasteiger partial charge in [0.2, 0.25) is 5.91 Å². The second kappa shape index (κ2) is 24.1. The van der Waals surface area contributed by atoms with Crippen LogP contribution in [0, 0.1) is 23.2 Å². The van der Waals surface area contributed by atoms with E-state index in [1.807, 2.05) is 0 Å². The van der Waals surface area contributed by atoms with Gasteiger partial charge in [0.1, 0.15) is 140 Å². The summed E-state index contributed by atoms with van der Waals surface area (Å²) in [7, 11) is 0. The molecule has 0 aromatic heterocycles. The molecular formula is C47H75NO30. The molecule has 31 heteroatoms. The Hall–Kier alpha value is -1.69. The Kier molecular flexibility index (Phi) is 18.4. The first-order valence-electron chi connectivity index (χ1n) is 26.6. The van der Waals surface area contributed by atoms with Crippen molar-refractivity contribution in [1.82, 2.24) is 5.32 Å². The van der Waals surface area contributed by atoms with E-state index in [-0.39, 0.29) is 17.8 Å². The van der Waals surface area contributed by atoms with E-state index < -0.39 is 235 Å². The van der Waals surface area contributed by atoms with Crippen LogP contribution < -0.4 is 5.32 Å². The van der Waals surface area contributed by atoms with Crippen molar-refractivity contribution in [2.75, 3.05) is 39.6 Å². The highest BCUT2D eigenvalue weighted by Crippen LogP contribution is 2.60. The maximum Gasteiger partial charge on any atom is 0.226 e. The summed E-state index contributed by atoms with van der Waals surface area (Å²) in [5.74, 6) is 0.345. The fourth-order valence-corrected chi connectivity index (χ4v) is 13.8. The Bertz CT molecular complexity index is 1950. The quantitative estimate of drug-likeness (QED) is 0.107. The summed E-state index contributed by atoms with van der Waals surface area (Å²) >= 11 is 0. The molecule has 0 spiro atoms. The van der Waals surface area contributed by atoms with Crippen molar-refractivity contribution in [1.29, 1.82) is 0 Å². The number of nitrogens with one attached hydrogen (secondary N) is 1. The van der Waals surface area contributed by atoms with Crippen LogP contribution >= 0.6 is 0 Å². The van der Waals surface area contributed by atoms with Crippen LogP contribution in [-0.2, 0) is 61.6 Å². The summed E-state index contributed by atoms with van der Waals surface area (Å²) in [4.78, 5) is 14.8. The Morgan fingerprint density at radius 3 is 0.782 bits per heavy atom. The maximum atomic E-state index is 14.8. The van der Waals surface area contributed by atoms with Crippen molar-refractivity contribution < 1.29 is 148 Å². The third-order valence-corrected chi connectivity index (χ3v) is 17.5. The minimum Gasteiger partial charge on any atom is -0.394 e. The van der Waals surface area contributed by atoms with Crippen LogP contribution in [0.1, 0.15) is 38.5 Å².